The van der Waals surface area contributed by atoms with E-state index in [9.17, 15) is 9.90 Å². The fraction of sp³-hybridized carbons (Fsp3) is 0.975. The summed E-state index contributed by atoms with van der Waals surface area (Å²) in [5.74, 6) is -0.194. The lowest BCUT2D eigenvalue weighted by atomic mass is 10.0. The van der Waals surface area contributed by atoms with Crippen LogP contribution in [-0.4, -0.2) is 37.0 Å². The molecule has 0 saturated carbocycles. The minimum atomic E-state index is -0.523. The summed E-state index contributed by atoms with van der Waals surface area (Å²) in [6, 6.07) is 0. The van der Waals surface area contributed by atoms with Crippen molar-refractivity contribution in [3.63, 3.8) is 0 Å². The zero-order valence-electron chi connectivity index (χ0n) is 30.2. The molecular weight excluding hydrogens is 544 g/mol. The summed E-state index contributed by atoms with van der Waals surface area (Å²) in [6.07, 6.45) is 42.9. The molecule has 0 spiro atoms. The van der Waals surface area contributed by atoms with E-state index in [0.29, 0.717) is 19.6 Å². The average molecular weight is 625 g/mol. The number of esters is 1. The van der Waals surface area contributed by atoms with Crippen molar-refractivity contribution < 1.29 is 19.4 Å². The maximum atomic E-state index is 12.2. The monoisotopic (exact) mass is 625 g/mol. The molecular formula is C40H80O4. The number of unbranched alkanes of at least 4 members (excludes halogenated alkanes) is 30. The van der Waals surface area contributed by atoms with Crippen molar-refractivity contribution in [2.24, 2.45) is 0 Å². The van der Waals surface area contributed by atoms with Gasteiger partial charge in [-0.15, -0.1) is 0 Å². The van der Waals surface area contributed by atoms with Gasteiger partial charge in [0.15, 0.2) is 0 Å². The molecule has 1 unspecified atom stereocenters. The summed E-state index contributed by atoms with van der Waals surface area (Å²) in [6.45, 7) is 5.40. The largest absolute Gasteiger partial charge is 0.457 e. The molecule has 0 heterocycles. The molecule has 0 amide bonds. The van der Waals surface area contributed by atoms with Crippen molar-refractivity contribution in [2.45, 2.75) is 232 Å². The molecule has 0 saturated heterocycles. The van der Waals surface area contributed by atoms with Gasteiger partial charge in [-0.1, -0.05) is 206 Å². The lowest BCUT2D eigenvalue weighted by Crippen LogP contribution is -2.27. The molecule has 0 aromatic carbocycles. The van der Waals surface area contributed by atoms with Crippen LogP contribution in [0.5, 0.6) is 0 Å². The summed E-state index contributed by atoms with van der Waals surface area (Å²) in [7, 11) is 0. The Labute approximate surface area is 276 Å². The first-order valence-corrected chi connectivity index (χ1v) is 20.1. The van der Waals surface area contributed by atoms with E-state index in [1.165, 1.54) is 186 Å². The summed E-state index contributed by atoms with van der Waals surface area (Å²) < 4.78 is 11.1. The van der Waals surface area contributed by atoms with Gasteiger partial charge in [0, 0.05) is 13.0 Å². The van der Waals surface area contributed by atoms with Crippen molar-refractivity contribution in [3.8, 4) is 0 Å². The molecule has 0 rings (SSSR count). The van der Waals surface area contributed by atoms with Crippen molar-refractivity contribution in [3.05, 3.63) is 0 Å². The molecule has 1 N–H and O–H groups in total. The van der Waals surface area contributed by atoms with Gasteiger partial charge in [-0.05, 0) is 12.8 Å². The number of hydrogen-bond acceptors (Lipinski definition) is 4. The van der Waals surface area contributed by atoms with Crippen LogP contribution in [0.15, 0.2) is 0 Å². The van der Waals surface area contributed by atoms with Crippen LogP contribution in [0.3, 0.4) is 0 Å². The minimum Gasteiger partial charge on any atom is -0.457 e. The van der Waals surface area contributed by atoms with E-state index in [2.05, 4.69) is 13.8 Å². The van der Waals surface area contributed by atoms with E-state index in [-0.39, 0.29) is 12.6 Å². The lowest BCUT2D eigenvalue weighted by molar-refractivity contribution is -0.154. The van der Waals surface area contributed by atoms with Gasteiger partial charge in [-0.3, -0.25) is 4.79 Å². The molecule has 0 fully saturated rings. The maximum absolute atomic E-state index is 12.2. The topological polar surface area (TPSA) is 55.8 Å². The quantitative estimate of drug-likeness (QED) is 0.0548. The number of carbonyl (C=O) groups excluding carboxylic acids is 1. The highest BCUT2D eigenvalue weighted by Gasteiger charge is 2.13. The Balaban J connectivity index is 3.36. The molecule has 264 valence electrons. The highest BCUT2D eigenvalue weighted by molar-refractivity contribution is 5.69. The van der Waals surface area contributed by atoms with Crippen LogP contribution in [0.4, 0.5) is 0 Å². The molecule has 0 aliphatic rings. The second kappa shape index (κ2) is 38.6. The molecule has 1 atom stereocenters. The fourth-order valence-electron chi connectivity index (χ4n) is 6.15. The van der Waals surface area contributed by atoms with Crippen molar-refractivity contribution in [1.29, 1.82) is 0 Å². The third kappa shape index (κ3) is 35.9. The lowest BCUT2D eigenvalue weighted by Gasteiger charge is -2.16. The van der Waals surface area contributed by atoms with Gasteiger partial charge < -0.3 is 14.6 Å². The Morgan fingerprint density at radius 3 is 1.07 bits per heavy atom. The Kier molecular flexibility index (Phi) is 38.0. The van der Waals surface area contributed by atoms with Gasteiger partial charge in [-0.2, -0.15) is 0 Å². The van der Waals surface area contributed by atoms with Crippen molar-refractivity contribution >= 4 is 5.97 Å². The molecule has 4 nitrogen and oxygen atoms in total. The van der Waals surface area contributed by atoms with E-state index in [4.69, 9.17) is 9.47 Å². The molecule has 44 heavy (non-hydrogen) atoms. The molecule has 0 aliphatic heterocycles. The molecule has 0 aliphatic carbocycles. The summed E-state index contributed by atoms with van der Waals surface area (Å²) in [5.41, 5.74) is 0. The Morgan fingerprint density at radius 1 is 0.455 bits per heavy atom. The number of rotatable bonds is 38. The number of aliphatic hydroxyl groups excluding tert-OH is 1. The number of ether oxygens (including phenoxy) is 2. The molecule has 4 heteroatoms. The normalized spacial score (nSPS) is 12.2. The fourth-order valence-corrected chi connectivity index (χ4v) is 6.15. The van der Waals surface area contributed by atoms with Gasteiger partial charge in [0.05, 0.1) is 13.2 Å². The zero-order valence-corrected chi connectivity index (χ0v) is 30.2. The van der Waals surface area contributed by atoms with E-state index < -0.39 is 6.10 Å². The highest BCUT2D eigenvalue weighted by atomic mass is 16.6. The van der Waals surface area contributed by atoms with E-state index in [1.807, 2.05) is 0 Å². The molecule has 0 aromatic rings. The van der Waals surface area contributed by atoms with Gasteiger partial charge >= 0.3 is 5.97 Å². The van der Waals surface area contributed by atoms with Gasteiger partial charge in [-0.25, -0.2) is 0 Å². The van der Waals surface area contributed by atoms with Crippen LogP contribution in [0, 0.1) is 0 Å². The second-order valence-corrected chi connectivity index (χ2v) is 13.7. The Morgan fingerprint density at radius 2 is 0.750 bits per heavy atom. The van der Waals surface area contributed by atoms with Crippen molar-refractivity contribution in [2.75, 3.05) is 19.8 Å². The molecule has 0 bridgehead atoms. The van der Waals surface area contributed by atoms with Gasteiger partial charge in [0.2, 0.25) is 0 Å². The zero-order chi connectivity index (χ0) is 32.0. The van der Waals surface area contributed by atoms with Gasteiger partial charge in [0.25, 0.3) is 0 Å². The first kappa shape index (κ1) is 43.4. The Bertz CT molecular complexity index is 537. The van der Waals surface area contributed by atoms with Crippen LogP contribution >= 0.6 is 0 Å². The third-order valence-electron chi connectivity index (χ3n) is 9.18. The minimum absolute atomic E-state index is 0.163. The molecule has 0 aromatic heterocycles. The summed E-state index contributed by atoms with van der Waals surface area (Å²) >= 11 is 0. The number of carbonyl (C=O) groups is 1. The van der Waals surface area contributed by atoms with Gasteiger partial charge in [0.1, 0.15) is 6.10 Å². The maximum Gasteiger partial charge on any atom is 0.306 e. The second-order valence-electron chi connectivity index (χ2n) is 13.7. The first-order valence-electron chi connectivity index (χ1n) is 20.1. The van der Waals surface area contributed by atoms with Crippen LogP contribution in [0.2, 0.25) is 0 Å². The average Bonchev–Trinajstić information content (AvgIpc) is 3.03. The van der Waals surface area contributed by atoms with Crippen molar-refractivity contribution in [1.82, 2.24) is 0 Å². The molecule has 0 radical (unpaired) electrons. The SMILES string of the molecule is CCCCCCCCCCCCCCCCCCCCC(=O)OC(CO)COCCCCCCCCCCCCCCCC. The van der Waals surface area contributed by atoms with E-state index in [1.54, 1.807) is 0 Å². The number of hydrogen-bond donors (Lipinski definition) is 1. The standard InChI is InChI=1S/C40H80O4/c1-3-5-7-9-11-13-15-17-19-20-21-22-23-25-27-29-31-33-35-40(42)44-39(37-41)38-43-36-34-32-30-28-26-24-18-16-14-12-10-8-6-4-2/h39,41H,3-38H2,1-2H3. The highest BCUT2D eigenvalue weighted by Crippen LogP contribution is 2.16. The predicted molar refractivity (Wildman–Crippen MR) is 191 cm³/mol. The third-order valence-corrected chi connectivity index (χ3v) is 9.18. The Hall–Kier alpha value is -0.610. The summed E-state index contributed by atoms with van der Waals surface area (Å²) in [4.78, 5) is 12.2. The van der Waals surface area contributed by atoms with Crippen LogP contribution in [0.1, 0.15) is 226 Å². The van der Waals surface area contributed by atoms with Crippen LogP contribution in [-0.2, 0) is 14.3 Å². The predicted octanol–water partition coefficient (Wildman–Crippen LogP) is 12.8. The number of aliphatic hydroxyl groups is 1. The van der Waals surface area contributed by atoms with E-state index in [0.717, 1.165) is 19.3 Å². The van der Waals surface area contributed by atoms with E-state index >= 15 is 0 Å². The first-order chi connectivity index (χ1) is 21.7. The van der Waals surface area contributed by atoms with Crippen LogP contribution in [0.25, 0.3) is 0 Å². The summed E-state index contributed by atoms with van der Waals surface area (Å²) in [5, 5.41) is 9.57. The van der Waals surface area contributed by atoms with Crippen LogP contribution < -0.4 is 0 Å². The smallest absolute Gasteiger partial charge is 0.306 e.